The van der Waals surface area contributed by atoms with Crippen molar-refractivity contribution in [2.45, 2.75) is 25.7 Å². The van der Waals surface area contributed by atoms with Crippen LogP contribution in [0.25, 0.3) is 0 Å². The van der Waals surface area contributed by atoms with Crippen molar-refractivity contribution < 1.29 is 0 Å². The summed E-state index contributed by atoms with van der Waals surface area (Å²) >= 11 is 1.15. The van der Waals surface area contributed by atoms with Crippen LogP contribution in [-0.2, 0) is 12.8 Å². The summed E-state index contributed by atoms with van der Waals surface area (Å²) in [5.74, 6) is 0.492. The molecule has 1 spiro atoms. The zero-order valence-corrected chi connectivity index (χ0v) is 17.2. The fourth-order valence-corrected chi connectivity index (χ4v) is 4.83. The van der Waals surface area contributed by atoms with Crippen LogP contribution in [-0.4, -0.2) is 34.0 Å². The molecule has 0 unspecified atom stereocenters. The van der Waals surface area contributed by atoms with Gasteiger partial charge in [-0.05, 0) is 54.4 Å². The maximum Gasteiger partial charge on any atom is 0.195 e. The molecule has 1 aliphatic carbocycles. The Bertz CT molecular complexity index is 918. The Labute approximate surface area is 175 Å². The molecule has 1 aliphatic heterocycles. The molecule has 4 rings (SSSR count). The van der Waals surface area contributed by atoms with Gasteiger partial charge in [0.05, 0.1) is 11.2 Å². The Kier molecular flexibility index (Phi) is 5.58. The van der Waals surface area contributed by atoms with Crippen molar-refractivity contribution in [2.24, 2.45) is 21.9 Å². The average Bonchev–Trinajstić information content (AvgIpc) is 3.10. The second-order valence-electron chi connectivity index (χ2n) is 7.80. The molecule has 150 valence electrons. The second kappa shape index (κ2) is 8.29. The van der Waals surface area contributed by atoms with E-state index in [1.165, 1.54) is 24.0 Å². The SMILES string of the molecule is N=C(S/C(N)=C/N=C(N)N1CCC2(CC1)Cc1ccccc1C2)c1cccnc1. The van der Waals surface area contributed by atoms with E-state index in [1.54, 1.807) is 24.7 Å². The fraction of sp³-hybridized carbons (Fsp3) is 0.318. The number of benzene rings is 1. The highest BCUT2D eigenvalue weighted by molar-refractivity contribution is 8.17. The van der Waals surface area contributed by atoms with Crippen LogP contribution in [0.5, 0.6) is 0 Å². The molecule has 2 aliphatic rings. The molecule has 0 bridgehead atoms. The Balaban J connectivity index is 1.32. The van der Waals surface area contributed by atoms with Gasteiger partial charge in [-0.1, -0.05) is 36.0 Å². The number of likely N-dealkylation sites (tertiary alicyclic amines) is 1. The summed E-state index contributed by atoms with van der Waals surface area (Å²) in [6, 6.07) is 12.4. The van der Waals surface area contributed by atoms with Gasteiger partial charge < -0.3 is 16.4 Å². The first kappa shape index (κ1) is 19.5. The number of nitrogens with zero attached hydrogens (tertiary/aromatic N) is 3. The van der Waals surface area contributed by atoms with Gasteiger partial charge >= 0.3 is 0 Å². The van der Waals surface area contributed by atoms with Gasteiger partial charge in [-0.25, -0.2) is 4.99 Å². The Morgan fingerprint density at radius 2 is 1.79 bits per heavy atom. The quantitative estimate of drug-likeness (QED) is 0.537. The zero-order chi connectivity index (χ0) is 20.3. The highest BCUT2D eigenvalue weighted by atomic mass is 32.2. The number of guanidine groups is 1. The summed E-state index contributed by atoms with van der Waals surface area (Å²) < 4.78 is 0. The number of hydrogen-bond donors (Lipinski definition) is 3. The molecule has 2 heterocycles. The minimum absolute atomic E-state index is 0.335. The van der Waals surface area contributed by atoms with Crippen molar-refractivity contribution in [2.75, 3.05) is 13.1 Å². The molecule has 1 aromatic carbocycles. The standard InChI is InChI=1S/C22H26N6S/c23-19(29-20(24)18-6-3-9-26-14-18)15-27-21(25)28-10-7-22(8-11-28)12-16-4-1-2-5-17(16)13-22/h1-6,9,14-15,24H,7-8,10-13,23H2,(H2,25,27)/b19-15+,24-20?. The maximum atomic E-state index is 8.10. The molecule has 1 aromatic heterocycles. The minimum atomic E-state index is 0.335. The molecule has 29 heavy (non-hydrogen) atoms. The van der Waals surface area contributed by atoms with Gasteiger partial charge in [0.15, 0.2) is 5.96 Å². The Hall–Kier alpha value is -2.80. The van der Waals surface area contributed by atoms with Crippen LogP contribution in [0.2, 0.25) is 0 Å². The van der Waals surface area contributed by atoms with Gasteiger partial charge in [-0.3, -0.25) is 10.4 Å². The van der Waals surface area contributed by atoms with Crippen LogP contribution < -0.4 is 11.5 Å². The number of thioether (sulfide) groups is 1. The van der Waals surface area contributed by atoms with Crippen LogP contribution in [0.4, 0.5) is 0 Å². The van der Waals surface area contributed by atoms with E-state index in [9.17, 15) is 0 Å². The number of pyridine rings is 1. The first-order chi connectivity index (χ1) is 14.0. The molecule has 0 radical (unpaired) electrons. The molecule has 0 saturated carbocycles. The molecular formula is C22H26N6S. The average molecular weight is 407 g/mol. The number of nitrogens with two attached hydrogens (primary N) is 2. The van der Waals surface area contributed by atoms with Crippen molar-refractivity contribution in [3.05, 3.63) is 76.7 Å². The molecule has 2 aromatic rings. The minimum Gasteiger partial charge on any atom is -0.392 e. The van der Waals surface area contributed by atoms with Crippen molar-refractivity contribution in [1.82, 2.24) is 9.88 Å². The van der Waals surface area contributed by atoms with Gasteiger partial charge in [0.2, 0.25) is 0 Å². The summed E-state index contributed by atoms with van der Waals surface area (Å²) in [7, 11) is 0. The lowest BCUT2D eigenvalue weighted by Crippen LogP contribution is -2.46. The van der Waals surface area contributed by atoms with Gasteiger partial charge in [0, 0.05) is 31.0 Å². The number of aromatic nitrogens is 1. The van der Waals surface area contributed by atoms with E-state index in [0.717, 1.165) is 43.3 Å². The number of piperidine rings is 1. The maximum absolute atomic E-state index is 8.10. The third kappa shape index (κ3) is 4.45. The van der Waals surface area contributed by atoms with Crippen LogP contribution >= 0.6 is 11.8 Å². The first-order valence-corrected chi connectivity index (χ1v) is 10.6. The lowest BCUT2D eigenvalue weighted by atomic mass is 9.76. The van der Waals surface area contributed by atoms with E-state index in [1.807, 2.05) is 6.07 Å². The van der Waals surface area contributed by atoms with Crippen molar-refractivity contribution in [1.29, 1.82) is 5.41 Å². The number of nitrogens with one attached hydrogen (secondary N) is 1. The van der Waals surface area contributed by atoms with E-state index in [4.69, 9.17) is 16.9 Å². The second-order valence-corrected chi connectivity index (χ2v) is 8.88. The molecule has 0 amide bonds. The zero-order valence-electron chi connectivity index (χ0n) is 16.3. The number of rotatable bonds is 3. The summed E-state index contributed by atoms with van der Waals surface area (Å²) in [4.78, 5) is 10.5. The lowest BCUT2D eigenvalue weighted by molar-refractivity contribution is 0.157. The molecule has 5 N–H and O–H groups in total. The van der Waals surface area contributed by atoms with E-state index in [-0.39, 0.29) is 0 Å². The predicted molar refractivity (Wildman–Crippen MR) is 120 cm³/mol. The molecule has 0 atom stereocenters. The van der Waals surface area contributed by atoms with Crippen molar-refractivity contribution in [3.8, 4) is 0 Å². The van der Waals surface area contributed by atoms with E-state index in [2.05, 4.69) is 39.1 Å². The number of hydrogen-bond acceptors (Lipinski definition) is 5. The van der Waals surface area contributed by atoms with Crippen molar-refractivity contribution >= 4 is 22.8 Å². The topological polar surface area (TPSA) is 104 Å². The molecule has 1 fully saturated rings. The third-order valence-corrected chi connectivity index (χ3v) is 6.65. The number of aliphatic imine (C=N–C) groups is 1. The molecular weight excluding hydrogens is 380 g/mol. The van der Waals surface area contributed by atoms with Crippen LogP contribution in [0.3, 0.4) is 0 Å². The first-order valence-electron chi connectivity index (χ1n) is 9.82. The van der Waals surface area contributed by atoms with Gasteiger partial charge in [0.25, 0.3) is 0 Å². The predicted octanol–water partition coefficient (Wildman–Crippen LogP) is 3.09. The summed E-state index contributed by atoms with van der Waals surface area (Å²) in [6.07, 6.45) is 9.46. The highest BCUT2D eigenvalue weighted by Crippen LogP contribution is 2.44. The highest BCUT2D eigenvalue weighted by Gasteiger charge is 2.39. The monoisotopic (exact) mass is 406 g/mol. The molecule has 7 heteroatoms. The van der Waals surface area contributed by atoms with E-state index < -0.39 is 0 Å². The lowest BCUT2D eigenvalue weighted by Gasteiger charge is -2.39. The van der Waals surface area contributed by atoms with Gasteiger partial charge in [0.1, 0.15) is 5.04 Å². The summed E-state index contributed by atoms with van der Waals surface area (Å²) in [5.41, 5.74) is 16.3. The summed E-state index contributed by atoms with van der Waals surface area (Å²) in [5, 5.41) is 8.87. The van der Waals surface area contributed by atoms with Gasteiger partial charge in [-0.15, -0.1) is 0 Å². The van der Waals surface area contributed by atoms with Gasteiger partial charge in [-0.2, -0.15) is 0 Å². The summed E-state index contributed by atoms with van der Waals surface area (Å²) in [6.45, 7) is 1.82. The van der Waals surface area contributed by atoms with Crippen LogP contribution in [0.15, 0.2) is 65.0 Å². The fourth-order valence-electron chi connectivity index (χ4n) is 4.25. The largest absolute Gasteiger partial charge is 0.392 e. The molecule has 1 saturated heterocycles. The normalized spacial score (nSPS) is 18.7. The smallest absolute Gasteiger partial charge is 0.195 e. The van der Waals surface area contributed by atoms with Crippen LogP contribution in [0, 0.1) is 10.8 Å². The van der Waals surface area contributed by atoms with E-state index in [0.29, 0.717) is 21.4 Å². The number of fused-ring (bicyclic) bond motifs is 1. The third-order valence-electron chi connectivity index (χ3n) is 5.87. The van der Waals surface area contributed by atoms with Crippen LogP contribution in [0.1, 0.15) is 29.5 Å². The Morgan fingerprint density at radius 1 is 1.10 bits per heavy atom. The molecule has 6 nitrogen and oxygen atoms in total. The van der Waals surface area contributed by atoms with E-state index >= 15 is 0 Å². The van der Waals surface area contributed by atoms with Crippen molar-refractivity contribution in [3.63, 3.8) is 0 Å². The Morgan fingerprint density at radius 3 is 2.41 bits per heavy atom.